The van der Waals surface area contributed by atoms with E-state index in [1.54, 1.807) is 0 Å². The molecule has 98 valence electrons. The number of ether oxygens (including phenoxy) is 1. The second-order valence-electron chi connectivity index (χ2n) is 5.26. The van der Waals surface area contributed by atoms with Crippen molar-refractivity contribution in [2.24, 2.45) is 4.99 Å². The number of carbonyl (C=O) groups is 1. The Morgan fingerprint density at radius 3 is 2.35 bits per heavy atom. The molecule has 0 amide bonds. The maximum atomic E-state index is 12.2. The molecule has 20 heavy (non-hydrogen) atoms. The van der Waals surface area contributed by atoms with Gasteiger partial charge in [0.1, 0.15) is 0 Å². The molecule has 0 bridgehead atoms. The minimum absolute atomic E-state index is 0.150. The molecule has 1 saturated carbocycles. The van der Waals surface area contributed by atoms with Gasteiger partial charge in [0.25, 0.3) is 0 Å². The van der Waals surface area contributed by atoms with Crippen molar-refractivity contribution in [2.45, 2.75) is 17.9 Å². The predicted octanol–water partition coefficient (Wildman–Crippen LogP) is 2.92. The Bertz CT molecular complexity index is 693. The molecule has 4 rings (SSSR count). The Kier molecular flexibility index (Phi) is 2.30. The zero-order chi connectivity index (χ0) is 13.6. The van der Waals surface area contributed by atoms with Crippen molar-refractivity contribution in [3.05, 3.63) is 71.8 Å². The van der Waals surface area contributed by atoms with Crippen LogP contribution in [-0.2, 0) is 9.53 Å². The number of carbonyl (C=O) groups excluding carboxylic acids is 1. The normalized spacial score (nSPS) is 27.3. The average molecular weight is 263 g/mol. The fourth-order valence-electron chi connectivity index (χ4n) is 2.81. The minimum Gasteiger partial charge on any atom is -0.405 e. The van der Waals surface area contributed by atoms with E-state index < -0.39 is 5.54 Å². The molecule has 1 aliphatic heterocycles. The molecule has 1 heterocycles. The topological polar surface area (TPSA) is 38.7 Å². The lowest BCUT2D eigenvalue weighted by atomic mass is 10.1. The number of cyclic esters (lactones) is 1. The number of esters is 1. The Labute approximate surface area is 116 Å². The van der Waals surface area contributed by atoms with Crippen molar-refractivity contribution >= 4 is 11.9 Å². The van der Waals surface area contributed by atoms with Gasteiger partial charge in [-0.1, -0.05) is 48.5 Å². The van der Waals surface area contributed by atoms with Gasteiger partial charge >= 0.3 is 5.97 Å². The van der Waals surface area contributed by atoms with Crippen LogP contribution in [0.5, 0.6) is 0 Å². The highest BCUT2D eigenvalue weighted by atomic mass is 16.6. The first kappa shape index (κ1) is 11.4. The molecule has 1 spiro atoms. The first-order valence-corrected chi connectivity index (χ1v) is 6.72. The lowest BCUT2D eigenvalue weighted by Crippen LogP contribution is -2.18. The summed E-state index contributed by atoms with van der Waals surface area (Å²) >= 11 is 0. The average Bonchev–Trinajstić information content (AvgIpc) is 3.14. The van der Waals surface area contributed by atoms with Gasteiger partial charge in [0.05, 0.1) is 0 Å². The molecule has 2 aromatic rings. The molecule has 1 aliphatic carbocycles. The largest absolute Gasteiger partial charge is 0.405 e. The molecule has 2 aliphatic rings. The van der Waals surface area contributed by atoms with Gasteiger partial charge in [0.15, 0.2) is 5.54 Å². The molecule has 2 atom stereocenters. The van der Waals surface area contributed by atoms with E-state index in [4.69, 9.17) is 4.74 Å². The van der Waals surface area contributed by atoms with Crippen LogP contribution in [0.3, 0.4) is 0 Å². The molecular formula is C17H13NO2. The maximum Gasteiger partial charge on any atom is 0.341 e. The number of hydrogen-bond acceptors (Lipinski definition) is 3. The Morgan fingerprint density at radius 1 is 1.00 bits per heavy atom. The standard InChI is InChI=1S/C17H13NO2/c19-16-17(11-14(17)12-7-3-1-4-8-12)18-15(20-16)13-9-5-2-6-10-13/h1-10,14H,11H2/t14-,17-/m0/s1. The molecule has 0 radical (unpaired) electrons. The smallest absolute Gasteiger partial charge is 0.341 e. The first-order chi connectivity index (χ1) is 9.79. The van der Waals surface area contributed by atoms with E-state index in [-0.39, 0.29) is 11.9 Å². The van der Waals surface area contributed by atoms with Crippen LogP contribution in [0, 0.1) is 0 Å². The van der Waals surface area contributed by atoms with Gasteiger partial charge in [-0.2, -0.15) is 0 Å². The number of rotatable bonds is 2. The third-order valence-electron chi connectivity index (χ3n) is 4.00. The fourth-order valence-corrected chi connectivity index (χ4v) is 2.81. The molecule has 0 aromatic heterocycles. The minimum atomic E-state index is -0.674. The molecule has 2 aromatic carbocycles. The highest BCUT2D eigenvalue weighted by Gasteiger charge is 2.65. The Balaban J connectivity index is 1.68. The van der Waals surface area contributed by atoms with Gasteiger partial charge in [0, 0.05) is 11.5 Å². The highest BCUT2D eigenvalue weighted by Crippen LogP contribution is 2.57. The second-order valence-corrected chi connectivity index (χ2v) is 5.26. The zero-order valence-electron chi connectivity index (χ0n) is 10.8. The van der Waals surface area contributed by atoms with Gasteiger partial charge in [-0.3, -0.25) is 0 Å². The van der Waals surface area contributed by atoms with Crippen molar-refractivity contribution in [1.82, 2.24) is 0 Å². The fraction of sp³-hybridized carbons (Fsp3) is 0.176. The summed E-state index contributed by atoms with van der Waals surface area (Å²) in [6.45, 7) is 0. The molecule has 3 nitrogen and oxygen atoms in total. The maximum absolute atomic E-state index is 12.2. The number of hydrogen-bond donors (Lipinski definition) is 0. The van der Waals surface area contributed by atoms with Crippen LogP contribution in [0.25, 0.3) is 0 Å². The van der Waals surface area contributed by atoms with E-state index in [1.165, 1.54) is 0 Å². The summed E-state index contributed by atoms with van der Waals surface area (Å²) in [5.41, 5.74) is 1.34. The lowest BCUT2D eigenvalue weighted by molar-refractivity contribution is -0.136. The van der Waals surface area contributed by atoms with E-state index in [0.717, 1.165) is 17.5 Å². The number of aliphatic imine (C=N–C) groups is 1. The summed E-state index contributed by atoms with van der Waals surface area (Å²) in [6, 6.07) is 19.6. The SMILES string of the molecule is O=C1OC(c2ccccc2)=N[C@]12C[C@H]2c1ccccc1. The summed E-state index contributed by atoms with van der Waals surface area (Å²) in [6.07, 6.45) is 0.742. The van der Waals surface area contributed by atoms with Crippen molar-refractivity contribution in [1.29, 1.82) is 0 Å². The Morgan fingerprint density at radius 2 is 1.65 bits per heavy atom. The summed E-state index contributed by atoms with van der Waals surface area (Å²) in [4.78, 5) is 16.8. The first-order valence-electron chi connectivity index (χ1n) is 6.72. The van der Waals surface area contributed by atoms with Crippen LogP contribution >= 0.6 is 0 Å². The van der Waals surface area contributed by atoms with E-state index in [0.29, 0.717) is 5.90 Å². The van der Waals surface area contributed by atoms with Crippen molar-refractivity contribution in [3.63, 3.8) is 0 Å². The van der Waals surface area contributed by atoms with Crippen LogP contribution in [0.2, 0.25) is 0 Å². The van der Waals surface area contributed by atoms with Gasteiger partial charge in [-0.05, 0) is 24.1 Å². The zero-order valence-corrected chi connectivity index (χ0v) is 10.8. The summed E-state index contributed by atoms with van der Waals surface area (Å²) in [5.74, 6) is 0.386. The van der Waals surface area contributed by atoms with Crippen LogP contribution in [0.15, 0.2) is 65.7 Å². The van der Waals surface area contributed by atoms with E-state index in [9.17, 15) is 4.79 Å². The second kappa shape index (κ2) is 4.04. The monoisotopic (exact) mass is 263 g/mol. The summed E-state index contributed by atoms with van der Waals surface area (Å²) in [7, 11) is 0. The molecule has 0 unspecified atom stereocenters. The van der Waals surface area contributed by atoms with Gasteiger partial charge < -0.3 is 4.74 Å². The van der Waals surface area contributed by atoms with E-state index in [2.05, 4.69) is 4.99 Å². The quantitative estimate of drug-likeness (QED) is 0.781. The van der Waals surface area contributed by atoms with Crippen LogP contribution in [-0.4, -0.2) is 17.4 Å². The molecular weight excluding hydrogens is 250 g/mol. The highest BCUT2D eigenvalue weighted by molar-refractivity contribution is 6.09. The van der Waals surface area contributed by atoms with Crippen molar-refractivity contribution < 1.29 is 9.53 Å². The third kappa shape index (κ3) is 1.59. The molecule has 1 fully saturated rings. The summed E-state index contributed by atoms with van der Waals surface area (Å²) in [5, 5.41) is 0. The van der Waals surface area contributed by atoms with Gasteiger partial charge in [0.2, 0.25) is 5.90 Å². The molecule has 0 N–H and O–H groups in total. The number of nitrogens with zero attached hydrogens (tertiary/aromatic N) is 1. The third-order valence-corrected chi connectivity index (χ3v) is 4.00. The van der Waals surface area contributed by atoms with Crippen LogP contribution in [0.4, 0.5) is 0 Å². The van der Waals surface area contributed by atoms with Crippen molar-refractivity contribution in [3.8, 4) is 0 Å². The van der Waals surface area contributed by atoms with E-state index >= 15 is 0 Å². The molecule has 3 heteroatoms. The van der Waals surface area contributed by atoms with Crippen LogP contribution < -0.4 is 0 Å². The van der Waals surface area contributed by atoms with Gasteiger partial charge in [-0.25, -0.2) is 9.79 Å². The van der Waals surface area contributed by atoms with E-state index in [1.807, 2.05) is 60.7 Å². The number of benzene rings is 2. The summed E-state index contributed by atoms with van der Waals surface area (Å²) < 4.78 is 5.39. The van der Waals surface area contributed by atoms with Crippen LogP contribution in [0.1, 0.15) is 23.5 Å². The predicted molar refractivity (Wildman–Crippen MR) is 75.6 cm³/mol. The Hall–Kier alpha value is -2.42. The molecule has 0 saturated heterocycles. The van der Waals surface area contributed by atoms with Gasteiger partial charge in [-0.15, -0.1) is 0 Å². The van der Waals surface area contributed by atoms with Crippen molar-refractivity contribution in [2.75, 3.05) is 0 Å². The lowest BCUT2D eigenvalue weighted by Gasteiger charge is -2.01.